The van der Waals surface area contributed by atoms with E-state index in [4.69, 9.17) is 0 Å². The molecule has 8 heteroatoms. The second-order valence-corrected chi connectivity index (χ2v) is 13.7. The number of carbonyl (C=O) groups excluding carboxylic acids is 1. The third-order valence-electron chi connectivity index (χ3n) is 10.8. The number of aldehydes is 1. The van der Waals surface area contributed by atoms with Crippen molar-refractivity contribution < 1.29 is 24.9 Å². The molecule has 2 saturated heterocycles. The number of piperidine rings is 1. The van der Waals surface area contributed by atoms with Gasteiger partial charge in [0, 0.05) is 68.7 Å². The lowest BCUT2D eigenvalue weighted by Crippen LogP contribution is -2.55. The molecule has 0 aromatic heterocycles. The number of aromatic carboxylic acids is 1. The normalized spacial score (nSPS) is 21.0. The van der Waals surface area contributed by atoms with Crippen molar-refractivity contribution in [3.8, 4) is 5.75 Å². The number of aliphatic hydroxyl groups is 1. The van der Waals surface area contributed by atoms with Crippen LogP contribution in [0.4, 0.5) is 11.4 Å². The highest BCUT2D eigenvalue weighted by atomic mass is 16.4. The fraction of sp³-hybridized carbons (Fsp3) is 0.350. The van der Waals surface area contributed by atoms with Gasteiger partial charge in [0.2, 0.25) is 0 Å². The van der Waals surface area contributed by atoms with Crippen molar-refractivity contribution in [3.05, 3.63) is 124 Å². The molecule has 0 saturated carbocycles. The molecule has 4 aromatic rings. The fourth-order valence-electron chi connectivity index (χ4n) is 8.13. The minimum atomic E-state index is -1.11. The van der Waals surface area contributed by atoms with Crippen LogP contribution >= 0.6 is 0 Å². The fourth-order valence-corrected chi connectivity index (χ4v) is 8.13. The largest absolute Gasteiger partial charge is 0.508 e. The van der Waals surface area contributed by atoms with E-state index in [0.29, 0.717) is 50.4 Å². The molecule has 0 spiro atoms. The van der Waals surface area contributed by atoms with E-state index >= 15 is 0 Å². The molecule has 0 amide bonds. The predicted octanol–water partition coefficient (Wildman–Crippen LogP) is 5.92. The Morgan fingerprint density at radius 3 is 2.17 bits per heavy atom. The molecule has 3 N–H and O–H groups in total. The highest BCUT2D eigenvalue weighted by Crippen LogP contribution is 2.47. The molecule has 2 atom stereocenters. The van der Waals surface area contributed by atoms with Crippen LogP contribution in [0.2, 0.25) is 0 Å². The number of piperazine rings is 1. The SMILES string of the molecule is O=Cc1cc(N2CCC(O)(CN3CCN(c4ccc([C@@H]5c6ccc(O)cc6CCC5c5ccccc5)cc4)CC3)CC2)ccc1C(=O)O. The number of benzene rings is 4. The monoisotopic (exact) mass is 645 g/mol. The van der Waals surface area contributed by atoms with Gasteiger partial charge in [-0.2, -0.15) is 0 Å². The molecular weight excluding hydrogens is 602 g/mol. The van der Waals surface area contributed by atoms with Gasteiger partial charge in [-0.3, -0.25) is 9.69 Å². The number of carbonyl (C=O) groups is 2. The number of carboxylic acids is 1. The molecule has 7 rings (SSSR count). The molecular formula is C40H43N3O5. The average Bonchev–Trinajstić information content (AvgIpc) is 3.11. The smallest absolute Gasteiger partial charge is 0.336 e. The van der Waals surface area contributed by atoms with Gasteiger partial charge >= 0.3 is 5.97 Å². The summed E-state index contributed by atoms with van der Waals surface area (Å²) >= 11 is 0. The minimum Gasteiger partial charge on any atom is -0.508 e. The van der Waals surface area contributed by atoms with Crippen LogP contribution in [0.5, 0.6) is 5.75 Å². The van der Waals surface area contributed by atoms with Crippen LogP contribution < -0.4 is 9.80 Å². The Bertz CT molecular complexity index is 1760. The van der Waals surface area contributed by atoms with Gasteiger partial charge in [-0.1, -0.05) is 48.5 Å². The van der Waals surface area contributed by atoms with Crippen molar-refractivity contribution in [2.24, 2.45) is 0 Å². The summed E-state index contributed by atoms with van der Waals surface area (Å²) < 4.78 is 0. The maximum Gasteiger partial charge on any atom is 0.336 e. The van der Waals surface area contributed by atoms with Crippen LogP contribution in [0.3, 0.4) is 0 Å². The summed E-state index contributed by atoms with van der Waals surface area (Å²) in [6.45, 7) is 5.46. The van der Waals surface area contributed by atoms with Crippen LogP contribution in [0.15, 0.2) is 91.0 Å². The van der Waals surface area contributed by atoms with Crippen molar-refractivity contribution in [2.75, 3.05) is 55.6 Å². The number of hydrogen-bond donors (Lipinski definition) is 3. The highest BCUT2D eigenvalue weighted by molar-refractivity contribution is 5.98. The zero-order chi connectivity index (χ0) is 33.3. The van der Waals surface area contributed by atoms with Crippen molar-refractivity contribution >= 4 is 23.6 Å². The standard InChI is InChI=1S/C40H43N3O5/c44-26-31-24-33(11-14-37(31)39(46)47)42-18-16-40(48,17-19-42)27-41-20-22-43(23-21-41)32-9-6-29(7-10-32)38-35(28-4-2-1-3-5-28)13-8-30-25-34(45)12-15-36(30)38/h1-7,9-12,14-15,24-26,35,38,45,48H,8,13,16-23,27H2,(H,46,47)/t35?,38-/m0/s1. The van der Waals surface area contributed by atoms with Gasteiger partial charge in [0.1, 0.15) is 5.75 Å². The van der Waals surface area contributed by atoms with Crippen LogP contribution in [0.25, 0.3) is 0 Å². The average molecular weight is 646 g/mol. The Kier molecular flexibility index (Phi) is 8.94. The van der Waals surface area contributed by atoms with Gasteiger partial charge in [0.25, 0.3) is 0 Å². The first-order chi connectivity index (χ1) is 23.3. The Morgan fingerprint density at radius 1 is 0.792 bits per heavy atom. The number of hydrogen-bond acceptors (Lipinski definition) is 7. The number of aromatic hydroxyl groups is 1. The highest BCUT2D eigenvalue weighted by Gasteiger charge is 2.36. The summed E-state index contributed by atoms with van der Waals surface area (Å²) in [7, 11) is 0. The van der Waals surface area contributed by atoms with E-state index in [0.717, 1.165) is 44.7 Å². The first-order valence-electron chi connectivity index (χ1n) is 17.0. The minimum absolute atomic E-state index is 0.00550. The summed E-state index contributed by atoms with van der Waals surface area (Å²) in [4.78, 5) is 29.8. The maximum absolute atomic E-state index is 11.5. The quantitative estimate of drug-likeness (QED) is 0.203. The van der Waals surface area contributed by atoms with Gasteiger partial charge in [-0.25, -0.2) is 4.79 Å². The van der Waals surface area contributed by atoms with Gasteiger partial charge in [-0.15, -0.1) is 0 Å². The molecule has 2 heterocycles. The summed E-state index contributed by atoms with van der Waals surface area (Å²) in [6.07, 6.45) is 3.81. The molecule has 248 valence electrons. The lowest BCUT2D eigenvalue weighted by atomic mass is 9.69. The lowest BCUT2D eigenvalue weighted by molar-refractivity contribution is -0.0173. The molecule has 4 aromatic carbocycles. The first kappa shape index (κ1) is 31.9. The number of anilines is 2. The summed E-state index contributed by atoms with van der Waals surface area (Å²) in [6, 6.07) is 30.6. The number of β-amino-alcohol motifs (C(OH)–C–C–N with tert-alkyl or cyclic N) is 1. The van der Waals surface area contributed by atoms with Gasteiger partial charge < -0.3 is 25.1 Å². The molecule has 48 heavy (non-hydrogen) atoms. The number of aryl methyl sites for hydroxylation is 1. The zero-order valence-corrected chi connectivity index (χ0v) is 27.2. The zero-order valence-electron chi connectivity index (χ0n) is 27.2. The molecule has 2 fully saturated rings. The van der Waals surface area contributed by atoms with Crippen molar-refractivity contribution in [2.45, 2.75) is 43.1 Å². The van der Waals surface area contributed by atoms with Crippen molar-refractivity contribution in [1.82, 2.24) is 4.90 Å². The number of phenolic OH excluding ortho intramolecular Hbond substituents is 1. The van der Waals surface area contributed by atoms with E-state index in [1.165, 1.54) is 34.0 Å². The van der Waals surface area contributed by atoms with E-state index in [2.05, 4.69) is 75.4 Å². The lowest BCUT2D eigenvalue weighted by Gasteiger charge is -2.44. The van der Waals surface area contributed by atoms with Crippen LogP contribution in [-0.4, -0.2) is 83.9 Å². The van der Waals surface area contributed by atoms with Crippen molar-refractivity contribution in [1.29, 1.82) is 0 Å². The number of carboxylic acid groups (broad SMARTS) is 1. The summed E-state index contributed by atoms with van der Waals surface area (Å²) in [5, 5.41) is 31.0. The first-order valence-corrected chi connectivity index (χ1v) is 17.0. The van der Waals surface area contributed by atoms with Crippen molar-refractivity contribution in [3.63, 3.8) is 0 Å². The topological polar surface area (TPSA) is 105 Å². The Balaban J connectivity index is 0.970. The molecule has 8 nitrogen and oxygen atoms in total. The third kappa shape index (κ3) is 6.55. The number of rotatable bonds is 8. The Morgan fingerprint density at radius 2 is 1.48 bits per heavy atom. The van der Waals surface area contributed by atoms with E-state index in [9.17, 15) is 24.9 Å². The Hall–Kier alpha value is -4.66. The van der Waals surface area contributed by atoms with E-state index < -0.39 is 11.6 Å². The van der Waals surface area contributed by atoms with Gasteiger partial charge in [0.05, 0.1) is 11.2 Å². The Labute approximate surface area is 281 Å². The molecule has 2 aliphatic heterocycles. The van der Waals surface area contributed by atoms with Crippen LogP contribution in [-0.2, 0) is 6.42 Å². The van der Waals surface area contributed by atoms with E-state index in [-0.39, 0.29) is 17.0 Å². The second-order valence-electron chi connectivity index (χ2n) is 13.7. The molecule has 0 bridgehead atoms. The van der Waals surface area contributed by atoms with Gasteiger partial charge in [-0.05, 0) is 96.3 Å². The van der Waals surface area contributed by atoms with Crippen LogP contribution in [0, 0.1) is 0 Å². The molecule has 1 aliphatic carbocycles. The van der Waals surface area contributed by atoms with Crippen LogP contribution in [0.1, 0.15) is 74.1 Å². The maximum atomic E-state index is 11.5. The van der Waals surface area contributed by atoms with E-state index in [1.807, 2.05) is 12.1 Å². The third-order valence-corrected chi connectivity index (χ3v) is 10.8. The number of fused-ring (bicyclic) bond motifs is 1. The second kappa shape index (κ2) is 13.5. The molecule has 1 unspecified atom stereocenters. The summed E-state index contributed by atoms with van der Waals surface area (Å²) in [5.41, 5.74) is 6.62. The predicted molar refractivity (Wildman–Crippen MR) is 188 cm³/mol. The number of nitrogens with zero attached hydrogens (tertiary/aromatic N) is 3. The number of phenols is 1. The molecule has 3 aliphatic rings. The summed E-state index contributed by atoms with van der Waals surface area (Å²) in [5.74, 6) is -0.178. The molecule has 0 radical (unpaired) electrons. The van der Waals surface area contributed by atoms with Gasteiger partial charge in [0.15, 0.2) is 6.29 Å². The van der Waals surface area contributed by atoms with E-state index in [1.54, 1.807) is 12.1 Å².